The van der Waals surface area contributed by atoms with Gasteiger partial charge in [0.1, 0.15) is 17.7 Å². The Bertz CT molecular complexity index is 803. The van der Waals surface area contributed by atoms with Crippen molar-refractivity contribution in [3.05, 3.63) is 48.0 Å². The molecule has 8 heteroatoms. The average Bonchev–Trinajstić information content (AvgIpc) is 2.73. The molecule has 184 valence electrons. The minimum Gasteiger partial charge on any atom is -0.444 e. The highest BCUT2D eigenvalue weighted by Crippen LogP contribution is 2.23. The average molecular weight is 462 g/mol. The molecular formula is C25H39N3O5. The molecule has 0 radical (unpaired) electrons. The molecule has 8 nitrogen and oxygen atoms in total. The fourth-order valence-electron chi connectivity index (χ4n) is 3.29. The third-order valence-electron chi connectivity index (χ3n) is 4.78. The molecule has 0 aromatic heterocycles. The van der Waals surface area contributed by atoms with Gasteiger partial charge in [0.05, 0.1) is 6.61 Å². The fourth-order valence-corrected chi connectivity index (χ4v) is 3.29. The second kappa shape index (κ2) is 13.6. The summed E-state index contributed by atoms with van der Waals surface area (Å²) in [5.74, 6) is -0.945. The molecule has 1 aromatic rings. The Morgan fingerprint density at radius 1 is 1.24 bits per heavy atom. The number of alkyl carbamates (subject to hydrolysis) is 1. The first-order chi connectivity index (χ1) is 15.5. The van der Waals surface area contributed by atoms with Crippen molar-refractivity contribution in [3.8, 4) is 0 Å². The fraction of sp³-hybridized carbons (Fsp3) is 0.560. The number of hydrogen-bond acceptors (Lipinski definition) is 5. The number of aliphatic hydroxyl groups excluding tert-OH is 1. The van der Waals surface area contributed by atoms with Crippen LogP contribution in [0.4, 0.5) is 4.79 Å². The molecule has 0 aliphatic rings. The zero-order chi connectivity index (χ0) is 25.0. The van der Waals surface area contributed by atoms with Crippen LogP contribution in [0.1, 0.15) is 64.1 Å². The van der Waals surface area contributed by atoms with E-state index in [2.05, 4.69) is 24.1 Å². The minimum atomic E-state index is -1.28. The molecule has 0 heterocycles. The number of rotatable bonds is 12. The van der Waals surface area contributed by atoms with Gasteiger partial charge in [0.25, 0.3) is 0 Å². The van der Waals surface area contributed by atoms with Gasteiger partial charge in [-0.05, 0) is 39.7 Å². The summed E-state index contributed by atoms with van der Waals surface area (Å²) in [5.41, 5.74) is 0.802. The molecule has 0 spiro atoms. The van der Waals surface area contributed by atoms with Crippen molar-refractivity contribution in [3.63, 3.8) is 0 Å². The highest BCUT2D eigenvalue weighted by molar-refractivity contribution is 5.92. The number of hydrogen-bond donors (Lipinski definition) is 3. The van der Waals surface area contributed by atoms with Crippen LogP contribution in [0.2, 0.25) is 0 Å². The number of aryl methyl sites for hydroxylation is 1. The monoisotopic (exact) mass is 461 g/mol. The lowest BCUT2D eigenvalue weighted by atomic mass is 10.0. The zero-order valence-electron chi connectivity index (χ0n) is 20.5. The first-order valence-corrected chi connectivity index (χ1v) is 11.4. The lowest BCUT2D eigenvalue weighted by molar-refractivity contribution is -0.142. The molecule has 0 aliphatic carbocycles. The molecule has 1 aromatic carbocycles. The van der Waals surface area contributed by atoms with Gasteiger partial charge in [0.2, 0.25) is 11.8 Å². The third kappa shape index (κ3) is 9.65. The second-order valence-electron chi connectivity index (χ2n) is 8.98. The van der Waals surface area contributed by atoms with E-state index in [0.717, 1.165) is 24.8 Å². The van der Waals surface area contributed by atoms with Crippen LogP contribution >= 0.6 is 0 Å². The molecule has 0 fully saturated rings. The van der Waals surface area contributed by atoms with Crippen molar-refractivity contribution >= 4 is 17.9 Å². The summed E-state index contributed by atoms with van der Waals surface area (Å²) in [5, 5.41) is 15.2. The van der Waals surface area contributed by atoms with Crippen LogP contribution in [-0.4, -0.2) is 59.3 Å². The Hall–Kier alpha value is -2.87. The van der Waals surface area contributed by atoms with E-state index in [9.17, 15) is 19.5 Å². The Kier molecular flexibility index (Phi) is 11.6. The maximum Gasteiger partial charge on any atom is 0.408 e. The van der Waals surface area contributed by atoms with Gasteiger partial charge in [-0.1, -0.05) is 55.7 Å². The summed E-state index contributed by atoms with van der Waals surface area (Å²) in [6.07, 6.45) is 3.51. The SMILES string of the molecule is C=CCN(C(=O)C(CO)NC(=O)OC(C)(C)C)C(C(=O)NCCCCC)c1cccc(C)c1. The topological polar surface area (TPSA) is 108 Å². The largest absolute Gasteiger partial charge is 0.444 e. The standard InChI is InChI=1S/C25H39N3O5/c1-7-9-10-14-26-22(30)21(19-13-11-12-18(3)16-19)28(15-8-2)23(31)20(17-29)27-24(32)33-25(4,5)6/h8,11-13,16,20-21,29H,2,7,9-10,14-15,17H2,1,3-6H3,(H,26,30)(H,27,32). The van der Waals surface area contributed by atoms with Crippen molar-refractivity contribution in [2.24, 2.45) is 0 Å². The van der Waals surface area contributed by atoms with Crippen LogP contribution in [0.3, 0.4) is 0 Å². The Balaban J connectivity index is 3.24. The van der Waals surface area contributed by atoms with E-state index < -0.39 is 36.3 Å². The predicted octanol–water partition coefficient (Wildman–Crippen LogP) is 3.24. The molecule has 1 rings (SSSR count). The molecule has 3 N–H and O–H groups in total. The summed E-state index contributed by atoms with van der Waals surface area (Å²) in [6.45, 7) is 12.7. The maximum absolute atomic E-state index is 13.4. The molecule has 0 saturated heterocycles. The van der Waals surface area contributed by atoms with Crippen LogP contribution in [0.25, 0.3) is 0 Å². The third-order valence-corrected chi connectivity index (χ3v) is 4.78. The van der Waals surface area contributed by atoms with E-state index in [1.165, 1.54) is 11.0 Å². The number of unbranched alkanes of at least 4 members (excludes halogenated alkanes) is 2. The van der Waals surface area contributed by atoms with Crippen LogP contribution in [0.15, 0.2) is 36.9 Å². The maximum atomic E-state index is 13.4. The molecule has 2 atom stereocenters. The van der Waals surface area contributed by atoms with Crippen LogP contribution < -0.4 is 10.6 Å². The van der Waals surface area contributed by atoms with E-state index >= 15 is 0 Å². The van der Waals surface area contributed by atoms with Gasteiger partial charge < -0.3 is 25.4 Å². The summed E-state index contributed by atoms with van der Waals surface area (Å²) < 4.78 is 5.21. The number of benzene rings is 1. The zero-order valence-corrected chi connectivity index (χ0v) is 20.5. The van der Waals surface area contributed by atoms with E-state index in [1.54, 1.807) is 26.8 Å². The molecule has 0 bridgehead atoms. The summed E-state index contributed by atoms with van der Waals surface area (Å²) in [7, 11) is 0. The minimum absolute atomic E-state index is 0.0479. The van der Waals surface area contributed by atoms with Crippen molar-refractivity contribution in [1.82, 2.24) is 15.5 Å². The summed E-state index contributed by atoms with van der Waals surface area (Å²) in [4.78, 5) is 40.2. The Morgan fingerprint density at radius 2 is 1.94 bits per heavy atom. The molecule has 0 saturated carbocycles. The second-order valence-corrected chi connectivity index (χ2v) is 8.98. The number of nitrogens with one attached hydrogen (secondary N) is 2. The highest BCUT2D eigenvalue weighted by Gasteiger charge is 2.35. The van der Waals surface area contributed by atoms with Gasteiger partial charge in [0, 0.05) is 13.1 Å². The van der Waals surface area contributed by atoms with Crippen LogP contribution in [-0.2, 0) is 14.3 Å². The number of aliphatic hydroxyl groups is 1. The van der Waals surface area contributed by atoms with Crippen molar-refractivity contribution < 1.29 is 24.2 Å². The molecule has 0 aliphatic heterocycles. The number of amides is 3. The lowest BCUT2D eigenvalue weighted by Gasteiger charge is -2.33. The Morgan fingerprint density at radius 3 is 2.48 bits per heavy atom. The number of carbonyl (C=O) groups is 3. The van der Waals surface area contributed by atoms with Gasteiger partial charge in [-0.3, -0.25) is 9.59 Å². The van der Waals surface area contributed by atoms with E-state index in [-0.39, 0.29) is 12.5 Å². The molecular weight excluding hydrogens is 422 g/mol. The van der Waals surface area contributed by atoms with Crippen molar-refractivity contribution in [1.29, 1.82) is 0 Å². The predicted molar refractivity (Wildman–Crippen MR) is 129 cm³/mol. The Labute approximate surface area is 197 Å². The first kappa shape index (κ1) is 28.2. The van der Waals surface area contributed by atoms with E-state index in [0.29, 0.717) is 12.1 Å². The molecule has 33 heavy (non-hydrogen) atoms. The normalized spacial score (nSPS) is 12.9. The van der Waals surface area contributed by atoms with E-state index in [1.807, 2.05) is 25.1 Å². The van der Waals surface area contributed by atoms with Gasteiger partial charge in [-0.25, -0.2) is 4.79 Å². The van der Waals surface area contributed by atoms with Crippen LogP contribution in [0, 0.1) is 6.92 Å². The highest BCUT2D eigenvalue weighted by atomic mass is 16.6. The van der Waals surface area contributed by atoms with Crippen molar-refractivity contribution in [2.75, 3.05) is 19.7 Å². The number of ether oxygens (including phenoxy) is 1. The molecule has 3 amide bonds. The van der Waals surface area contributed by atoms with Gasteiger partial charge in [-0.15, -0.1) is 6.58 Å². The smallest absolute Gasteiger partial charge is 0.408 e. The summed E-state index contributed by atoms with van der Waals surface area (Å²) in [6, 6.07) is 5.12. The number of carbonyl (C=O) groups excluding carboxylic acids is 3. The van der Waals surface area contributed by atoms with Crippen LogP contribution in [0.5, 0.6) is 0 Å². The number of nitrogens with zero attached hydrogens (tertiary/aromatic N) is 1. The van der Waals surface area contributed by atoms with Crippen molar-refractivity contribution in [2.45, 2.75) is 71.6 Å². The van der Waals surface area contributed by atoms with Gasteiger partial charge in [0.15, 0.2) is 0 Å². The van der Waals surface area contributed by atoms with E-state index in [4.69, 9.17) is 4.74 Å². The first-order valence-electron chi connectivity index (χ1n) is 11.4. The van der Waals surface area contributed by atoms with Gasteiger partial charge >= 0.3 is 6.09 Å². The molecule has 2 unspecified atom stereocenters. The lowest BCUT2D eigenvalue weighted by Crippen LogP contribution is -2.54. The quantitative estimate of drug-likeness (QED) is 0.327. The summed E-state index contributed by atoms with van der Waals surface area (Å²) >= 11 is 0. The van der Waals surface area contributed by atoms with Gasteiger partial charge in [-0.2, -0.15) is 0 Å².